The third-order valence-corrected chi connectivity index (χ3v) is 6.12. The largest absolute Gasteiger partial charge is 0.411 e. The molecule has 8 nitrogen and oxygen atoms in total. The lowest BCUT2D eigenvalue weighted by Crippen LogP contribution is -2.17. The fourth-order valence-electron chi connectivity index (χ4n) is 3.53. The van der Waals surface area contributed by atoms with Gasteiger partial charge in [-0.15, -0.1) is 10.2 Å². The maximum atomic E-state index is 12.8. The van der Waals surface area contributed by atoms with Gasteiger partial charge in [-0.3, -0.25) is 4.79 Å². The van der Waals surface area contributed by atoms with Gasteiger partial charge < -0.3 is 14.7 Å². The highest BCUT2D eigenvalue weighted by Crippen LogP contribution is 2.30. The van der Waals surface area contributed by atoms with E-state index in [1.54, 1.807) is 4.68 Å². The highest BCUT2D eigenvalue weighted by atomic mass is 32.2. The van der Waals surface area contributed by atoms with Gasteiger partial charge in [0.15, 0.2) is 0 Å². The number of hydrogen-bond donors (Lipinski definition) is 2. The molecule has 0 spiro atoms. The second kappa shape index (κ2) is 8.83. The van der Waals surface area contributed by atoms with Crippen LogP contribution in [-0.2, 0) is 10.2 Å². The van der Waals surface area contributed by atoms with Crippen LogP contribution in [0.25, 0.3) is 28.0 Å². The molecule has 0 bridgehead atoms. The molecule has 5 rings (SSSR count). The van der Waals surface area contributed by atoms with Crippen LogP contribution in [0.15, 0.2) is 76.5 Å². The van der Waals surface area contributed by atoms with E-state index in [2.05, 4.69) is 41.3 Å². The Bertz CT molecular complexity index is 1450. The second-order valence-electron chi connectivity index (χ2n) is 8.87. The van der Waals surface area contributed by atoms with Crippen molar-refractivity contribution in [3.63, 3.8) is 0 Å². The van der Waals surface area contributed by atoms with Gasteiger partial charge in [0.2, 0.25) is 5.91 Å². The summed E-state index contributed by atoms with van der Waals surface area (Å²) < 4.78 is 7.56. The Morgan fingerprint density at radius 3 is 2.65 bits per heavy atom. The molecule has 0 aliphatic rings. The minimum atomic E-state index is -0.186. The van der Waals surface area contributed by atoms with Crippen LogP contribution in [0.5, 0.6) is 0 Å². The van der Waals surface area contributed by atoms with Crippen molar-refractivity contribution in [2.45, 2.75) is 31.4 Å². The summed E-state index contributed by atoms with van der Waals surface area (Å²) in [5, 5.41) is 17.3. The van der Waals surface area contributed by atoms with E-state index in [9.17, 15) is 4.79 Å². The molecule has 0 atom stereocenters. The maximum absolute atomic E-state index is 12.8. The van der Waals surface area contributed by atoms with Gasteiger partial charge in [-0.05, 0) is 18.2 Å². The summed E-state index contributed by atoms with van der Waals surface area (Å²) in [5.74, 6) is 0.971. The van der Waals surface area contributed by atoms with E-state index in [4.69, 9.17) is 9.52 Å². The molecule has 9 heteroatoms. The van der Waals surface area contributed by atoms with Crippen LogP contribution < -0.4 is 5.32 Å². The Labute approximate surface area is 200 Å². The van der Waals surface area contributed by atoms with Crippen LogP contribution in [0, 0.1) is 0 Å². The molecule has 0 aliphatic heterocycles. The van der Waals surface area contributed by atoms with E-state index in [-0.39, 0.29) is 17.1 Å². The summed E-state index contributed by atoms with van der Waals surface area (Å²) in [6, 6.07) is 19.5. The minimum absolute atomic E-state index is 0.125. The Balaban J connectivity index is 1.30. The van der Waals surface area contributed by atoms with Crippen LogP contribution in [-0.4, -0.2) is 36.6 Å². The molecule has 0 saturated heterocycles. The molecule has 0 radical (unpaired) electrons. The topological polar surface area (TPSA) is 102 Å². The first-order chi connectivity index (χ1) is 16.4. The summed E-state index contributed by atoms with van der Waals surface area (Å²) >= 11 is 1.19. The number of carbonyl (C=O) groups is 1. The summed E-state index contributed by atoms with van der Waals surface area (Å²) in [5.41, 5.74) is 3.44. The third kappa shape index (κ3) is 4.47. The first kappa shape index (κ1) is 22.0. The highest BCUT2D eigenvalue weighted by molar-refractivity contribution is 7.99. The lowest BCUT2D eigenvalue weighted by Gasteiger charge is -2.14. The zero-order valence-corrected chi connectivity index (χ0v) is 19.9. The van der Waals surface area contributed by atoms with E-state index in [0.717, 1.165) is 27.8 Å². The number of nitrogens with one attached hydrogen (secondary N) is 2. The number of nitrogens with zero attached hydrogens (tertiary/aromatic N) is 4. The molecular weight excluding hydrogens is 448 g/mol. The monoisotopic (exact) mass is 472 g/mol. The number of rotatable bonds is 6. The number of fused-ring (bicyclic) bond motifs is 1. The molecule has 5 aromatic rings. The van der Waals surface area contributed by atoms with Crippen LogP contribution in [0.3, 0.4) is 0 Å². The normalized spacial score (nSPS) is 11.7. The van der Waals surface area contributed by atoms with Crippen LogP contribution in [0.1, 0.15) is 26.5 Å². The number of anilines is 1. The molecule has 0 unspecified atom stereocenters. The van der Waals surface area contributed by atoms with Gasteiger partial charge >= 0.3 is 0 Å². The number of H-pyrrole nitrogens is 1. The van der Waals surface area contributed by atoms with Crippen molar-refractivity contribution in [1.82, 2.24) is 25.0 Å². The molecule has 2 N–H and O–H groups in total. The van der Waals surface area contributed by atoms with Crippen LogP contribution in [0.4, 0.5) is 5.82 Å². The number of amides is 1. The van der Waals surface area contributed by atoms with Gasteiger partial charge in [0.1, 0.15) is 5.82 Å². The number of thioether (sulfide) groups is 1. The van der Waals surface area contributed by atoms with Crippen molar-refractivity contribution >= 4 is 34.4 Å². The standard InChI is InChI=1S/C25H24N6O2S/c1-25(2,3)20-13-21(31(30-20)16-9-5-4-6-10-16)27-22(32)15-34-24-29-28-23(33-24)18-14-26-19-12-8-7-11-17(18)19/h4-14,26H,15H2,1-3H3,(H,27,32). The molecule has 1 amide bonds. The number of aromatic amines is 1. The number of carbonyl (C=O) groups excluding carboxylic acids is 1. The van der Waals surface area contributed by atoms with Crippen LogP contribution in [0.2, 0.25) is 0 Å². The van der Waals surface area contributed by atoms with Crippen molar-refractivity contribution < 1.29 is 9.21 Å². The Morgan fingerprint density at radius 1 is 1.09 bits per heavy atom. The van der Waals surface area contributed by atoms with Crippen LogP contribution >= 0.6 is 11.8 Å². The Morgan fingerprint density at radius 2 is 1.85 bits per heavy atom. The summed E-state index contributed by atoms with van der Waals surface area (Å²) in [4.78, 5) is 16.0. The molecular formula is C25H24N6O2S. The van der Waals surface area contributed by atoms with E-state index < -0.39 is 0 Å². The lowest BCUT2D eigenvalue weighted by atomic mass is 9.92. The van der Waals surface area contributed by atoms with Gasteiger partial charge in [-0.2, -0.15) is 5.10 Å². The van der Waals surface area contributed by atoms with Gasteiger partial charge in [0.25, 0.3) is 11.1 Å². The van der Waals surface area contributed by atoms with Crippen molar-refractivity contribution in [3.8, 4) is 17.1 Å². The summed E-state index contributed by atoms with van der Waals surface area (Å²) in [6.07, 6.45) is 1.84. The van der Waals surface area contributed by atoms with E-state index in [1.807, 2.05) is 66.9 Å². The number of aromatic nitrogens is 5. The predicted octanol–water partition coefficient (Wildman–Crippen LogP) is 5.43. The summed E-state index contributed by atoms with van der Waals surface area (Å²) in [7, 11) is 0. The molecule has 3 heterocycles. The lowest BCUT2D eigenvalue weighted by molar-refractivity contribution is -0.113. The van der Waals surface area contributed by atoms with E-state index >= 15 is 0 Å². The highest BCUT2D eigenvalue weighted by Gasteiger charge is 2.22. The second-order valence-corrected chi connectivity index (χ2v) is 9.80. The first-order valence-electron chi connectivity index (χ1n) is 10.9. The summed E-state index contributed by atoms with van der Waals surface area (Å²) in [6.45, 7) is 6.27. The molecule has 0 fully saturated rings. The maximum Gasteiger partial charge on any atom is 0.277 e. The molecule has 172 valence electrons. The number of para-hydroxylation sites is 2. The quantitative estimate of drug-likeness (QED) is 0.320. The van der Waals surface area contributed by atoms with Gasteiger partial charge in [0, 0.05) is 28.6 Å². The molecule has 0 aliphatic carbocycles. The number of benzene rings is 2. The van der Waals surface area contributed by atoms with Crippen molar-refractivity contribution in [2.24, 2.45) is 0 Å². The smallest absolute Gasteiger partial charge is 0.277 e. The molecule has 3 aromatic heterocycles. The van der Waals surface area contributed by atoms with E-state index in [0.29, 0.717) is 16.9 Å². The first-order valence-corrected chi connectivity index (χ1v) is 11.9. The Kier molecular flexibility index (Phi) is 5.70. The van der Waals surface area contributed by atoms with Crippen molar-refractivity contribution in [3.05, 3.63) is 72.6 Å². The molecule has 2 aromatic carbocycles. The van der Waals surface area contributed by atoms with Crippen molar-refractivity contribution in [1.29, 1.82) is 0 Å². The van der Waals surface area contributed by atoms with Gasteiger partial charge in [-0.25, -0.2) is 4.68 Å². The SMILES string of the molecule is CC(C)(C)c1cc(NC(=O)CSc2nnc(-c3c[nH]c4ccccc34)o2)n(-c2ccccc2)n1. The number of hydrogen-bond acceptors (Lipinski definition) is 6. The Hall–Kier alpha value is -3.85. The zero-order valence-electron chi connectivity index (χ0n) is 19.1. The van der Waals surface area contributed by atoms with Gasteiger partial charge in [0.05, 0.1) is 22.7 Å². The average Bonchev–Trinajstić information content (AvgIpc) is 3.56. The fourth-order valence-corrected chi connectivity index (χ4v) is 4.10. The van der Waals surface area contributed by atoms with E-state index in [1.165, 1.54) is 11.8 Å². The zero-order chi connectivity index (χ0) is 23.7. The molecule has 0 saturated carbocycles. The fraction of sp³-hybridized carbons (Fsp3) is 0.200. The average molecular weight is 473 g/mol. The van der Waals surface area contributed by atoms with Crippen molar-refractivity contribution in [2.75, 3.05) is 11.1 Å². The van der Waals surface area contributed by atoms with Gasteiger partial charge in [-0.1, -0.05) is 68.9 Å². The minimum Gasteiger partial charge on any atom is -0.411 e. The third-order valence-electron chi connectivity index (χ3n) is 5.30. The predicted molar refractivity (Wildman–Crippen MR) is 133 cm³/mol. The molecule has 34 heavy (non-hydrogen) atoms.